The van der Waals surface area contributed by atoms with Crippen LogP contribution < -0.4 is 5.73 Å². The maximum atomic E-state index is 11.7. The minimum Gasteiger partial charge on any atom is -0.451 e. The van der Waals surface area contributed by atoms with Gasteiger partial charge in [-0.3, -0.25) is 4.79 Å². The highest BCUT2D eigenvalue weighted by atomic mass is 16.4. The minimum atomic E-state index is -0.147. The normalized spacial score (nSPS) is 10.2. The summed E-state index contributed by atoms with van der Waals surface area (Å²) >= 11 is 0. The summed E-state index contributed by atoms with van der Waals surface area (Å²) in [5.74, 6) is 0.851. The van der Waals surface area contributed by atoms with Crippen molar-refractivity contribution in [3.63, 3.8) is 0 Å². The van der Waals surface area contributed by atoms with Crippen molar-refractivity contribution in [3.8, 4) is 11.3 Å². The van der Waals surface area contributed by atoms with E-state index in [4.69, 9.17) is 10.2 Å². The Morgan fingerprint density at radius 2 is 1.76 bits per heavy atom. The summed E-state index contributed by atoms with van der Waals surface area (Å²) in [7, 11) is 3.38. The predicted octanol–water partition coefficient (Wildman–Crippen LogP) is 2.23. The molecule has 1 heterocycles. The highest BCUT2D eigenvalue weighted by Crippen LogP contribution is 2.23. The van der Waals surface area contributed by atoms with E-state index in [1.807, 2.05) is 12.1 Å². The number of carbonyl (C=O) groups is 1. The van der Waals surface area contributed by atoms with E-state index in [0.29, 0.717) is 17.2 Å². The molecule has 0 radical (unpaired) electrons. The number of hydrogen-bond acceptors (Lipinski definition) is 3. The van der Waals surface area contributed by atoms with Gasteiger partial charge < -0.3 is 15.1 Å². The fraction of sp³-hybridized carbons (Fsp3) is 0.154. The number of hydrogen-bond donors (Lipinski definition) is 1. The molecule has 0 unspecified atom stereocenters. The number of nitrogens with two attached hydrogens (primary N) is 1. The first kappa shape index (κ1) is 11.3. The number of furan rings is 1. The molecule has 1 amide bonds. The van der Waals surface area contributed by atoms with Crippen molar-refractivity contribution in [1.29, 1.82) is 0 Å². The summed E-state index contributed by atoms with van der Waals surface area (Å²) < 4.78 is 5.50. The van der Waals surface area contributed by atoms with Gasteiger partial charge in [-0.1, -0.05) is 0 Å². The van der Waals surface area contributed by atoms with E-state index in [1.54, 1.807) is 38.4 Å². The second-order valence-corrected chi connectivity index (χ2v) is 3.99. The van der Waals surface area contributed by atoms with Gasteiger partial charge in [-0.2, -0.15) is 0 Å². The van der Waals surface area contributed by atoms with Crippen LogP contribution in [0.15, 0.2) is 40.8 Å². The second-order valence-electron chi connectivity index (χ2n) is 3.99. The van der Waals surface area contributed by atoms with Crippen LogP contribution in [0.5, 0.6) is 0 Å². The van der Waals surface area contributed by atoms with E-state index in [2.05, 4.69) is 0 Å². The van der Waals surface area contributed by atoms with Gasteiger partial charge in [-0.25, -0.2) is 0 Å². The molecule has 0 saturated carbocycles. The third-order valence-electron chi connectivity index (χ3n) is 2.42. The first-order valence-corrected chi connectivity index (χ1v) is 5.25. The molecule has 1 aromatic heterocycles. The van der Waals surface area contributed by atoms with Gasteiger partial charge in [-0.05, 0) is 36.4 Å². The Morgan fingerprint density at radius 3 is 2.35 bits per heavy atom. The molecule has 0 atom stereocenters. The lowest BCUT2D eigenvalue weighted by atomic mass is 10.1. The number of nitrogen functional groups attached to an aromatic ring is 1. The van der Waals surface area contributed by atoms with Crippen LogP contribution in [-0.2, 0) is 0 Å². The Labute approximate surface area is 99.6 Å². The Kier molecular flexibility index (Phi) is 2.87. The van der Waals surface area contributed by atoms with Gasteiger partial charge in [-0.15, -0.1) is 0 Å². The molecule has 0 spiro atoms. The molecule has 0 aliphatic carbocycles. The Balaban J connectivity index is 2.30. The molecule has 2 N–H and O–H groups in total. The lowest BCUT2D eigenvalue weighted by Gasteiger charge is -2.06. The average Bonchev–Trinajstić information content (AvgIpc) is 2.78. The molecule has 2 aromatic rings. The molecule has 4 heteroatoms. The van der Waals surface area contributed by atoms with Gasteiger partial charge in [0.2, 0.25) is 0 Å². The van der Waals surface area contributed by atoms with Crippen molar-refractivity contribution >= 4 is 11.6 Å². The van der Waals surface area contributed by atoms with Gasteiger partial charge in [0.05, 0.1) is 0 Å². The van der Waals surface area contributed by atoms with E-state index in [9.17, 15) is 4.79 Å². The number of nitrogens with zero attached hydrogens (tertiary/aromatic N) is 1. The van der Waals surface area contributed by atoms with E-state index >= 15 is 0 Å². The van der Waals surface area contributed by atoms with E-state index in [-0.39, 0.29) is 5.91 Å². The molecule has 0 fully saturated rings. The number of anilines is 1. The summed E-state index contributed by atoms with van der Waals surface area (Å²) in [6.45, 7) is 0. The fourth-order valence-corrected chi connectivity index (χ4v) is 1.48. The molecule has 2 rings (SSSR count). The summed E-state index contributed by atoms with van der Waals surface area (Å²) in [5.41, 5.74) is 7.21. The van der Waals surface area contributed by atoms with Crippen LogP contribution in [0.2, 0.25) is 0 Å². The van der Waals surface area contributed by atoms with Gasteiger partial charge in [0.15, 0.2) is 5.76 Å². The zero-order valence-corrected chi connectivity index (χ0v) is 9.81. The minimum absolute atomic E-state index is 0.147. The van der Waals surface area contributed by atoms with E-state index < -0.39 is 0 Å². The van der Waals surface area contributed by atoms with Crippen molar-refractivity contribution in [3.05, 3.63) is 42.2 Å². The first-order valence-electron chi connectivity index (χ1n) is 5.25. The number of rotatable bonds is 2. The Morgan fingerprint density at radius 1 is 1.12 bits per heavy atom. The first-order chi connectivity index (χ1) is 8.08. The Hall–Kier alpha value is -2.23. The topological polar surface area (TPSA) is 59.5 Å². The van der Waals surface area contributed by atoms with Crippen LogP contribution in [0.3, 0.4) is 0 Å². The van der Waals surface area contributed by atoms with Gasteiger partial charge >= 0.3 is 0 Å². The maximum absolute atomic E-state index is 11.7. The van der Waals surface area contributed by atoms with Crippen LogP contribution in [0.1, 0.15) is 10.6 Å². The summed E-state index contributed by atoms with van der Waals surface area (Å²) in [6.07, 6.45) is 0. The maximum Gasteiger partial charge on any atom is 0.289 e. The molecular weight excluding hydrogens is 216 g/mol. The fourth-order valence-electron chi connectivity index (χ4n) is 1.48. The standard InChI is InChI=1S/C13H14N2O2/c1-15(2)13(16)12-8-7-11(17-12)9-3-5-10(14)6-4-9/h3-8H,14H2,1-2H3. The third kappa shape index (κ3) is 2.30. The van der Waals surface area contributed by atoms with E-state index in [1.165, 1.54) is 4.90 Å². The van der Waals surface area contributed by atoms with Crippen LogP contribution >= 0.6 is 0 Å². The molecule has 0 aliphatic rings. The zero-order chi connectivity index (χ0) is 12.4. The lowest BCUT2D eigenvalue weighted by molar-refractivity contribution is 0.0797. The van der Waals surface area contributed by atoms with Gasteiger partial charge in [0.1, 0.15) is 5.76 Å². The van der Waals surface area contributed by atoms with Crippen LogP contribution in [0, 0.1) is 0 Å². The SMILES string of the molecule is CN(C)C(=O)c1ccc(-c2ccc(N)cc2)o1. The molecule has 88 valence electrons. The molecule has 1 aromatic carbocycles. The summed E-state index contributed by atoms with van der Waals surface area (Å²) in [5, 5.41) is 0. The van der Waals surface area contributed by atoms with Gasteiger partial charge in [0.25, 0.3) is 5.91 Å². The highest BCUT2D eigenvalue weighted by Gasteiger charge is 2.13. The molecule has 0 saturated heterocycles. The summed E-state index contributed by atoms with van der Waals surface area (Å²) in [4.78, 5) is 13.1. The lowest BCUT2D eigenvalue weighted by Crippen LogP contribution is -2.20. The van der Waals surface area contributed by atoms with Gasteiger partial charge in [0, 0.05) is 25.3 Å². The second kappa shape index (κ2) is 4.33. The van der Waals surface area contributed by atoms with Crippen molar-refractivity contribution in [2.24, 2.45) is 0 Å². The highest BCUT2D eigenvalue weighted by molar-refractivity contribution is 5.91. The summed E-state index contributed by atoms with van der Waals surface area (Å²) in [6, 6.07) is 10.8. The number of amides is 1. The zero-order valence-electron chi connectivity index (χ0n) is 9.81. The van der Waals surface area contributed by atoms with Crippen LogP contribution in [0.25, 0.3) is 11.3 Å². The average molecular weight is 230 g/mol. The van der Waals surface area contributed by atoms with Crippen molar-refractivity contribution < 1.29 is 9.21 Å². The van der Waals surface area contributed by atoms with E-state index in [0.717, 1.165) is 5.56 Å². The molecule has 4 nitrogen and oxygen atoms in total. The third-order valence-corrected chi connectivity index (χ3v) is 2.42. The Bertz CT molecular complexity index is 527. The van der Waals surface area contributed by atoms with Crippen molar-refractivity contribution in [2.75, 3.05) is 19.8 Å². The van der Waals surface area contributed by atoms with Crippen LogP contribution in [-0.4, -0.2) is 24.9 Å². The predicted molar refractivity (Wildman–Crippen MR) is 66.6 cm³/mol. The number of benzene rings is 1. The smallest absolute Gasteiger partial charge is 0.289 e. The van der Waals surface area contributed by atoms with Crippen LogP contribution in [0.4, 0.5) is 5.69 Å². The molecule has 0 aliphatic heterocycles. The number of carbonyl (C=O) groups excluding carboxylic acids is 1. The quantitative estimate of drug-likeness (QED) is 0.805. The van der Waals surface area contributed by atoms with Crippen molar-refractivity contribution in [2.45, 2.75) is 0 Å². The monoisotopic (exact) mass is 230 g/mol. The molecule has 0 bridgehead atoms. The molecule has 17 heavy (non-hydrogen) atoms. The van der Waals surface area contributed by atoms with Crippen molar-refractivity contribution in [1.82, 2.24) is 4.90 Å². The largest absolute Gasteiger partial charge is 0.451 e. The molecular formula is C13H14N2O2.